The molecule has 4 nitrogen and oxygen atoms in total. The van der Waals surface area contributed by atoms with Crippen LogP contribution in [0.1, 0.15) is 68.4 Å². The van der Waals surface area contributed by atoms with Gasteiger partial charge < -0.3 is 19.5 Å². The van der Waals surface area contributed by atoms with Crippen LogP contribution in [0.2, 0.25) is 5.02 Å². The van der Waals surface area contributed by atoms with Crippen molar-refractivity contribution in [1.29, 1.82) is 0 Å². The van der Waals surface area contributed by atoms with E-state index in [2.05, 4.69) is 24.0 Å². The van der Waals surface area contributed by atoms with Crippen LogP contribution in [0.3, 0.4) is 0 Å². The number of carbonyl (C=O) groups is 1. The number of carbonyl (C=O) groups excluding carboxylic acids is 1. The van der Waals surface area contributed by atoms with Gasteiger partial charge in [-0.1, -0.05) is 30.7 Å². The molecule has 1 N–H and O–H groups in total. The molecule has 194 valence electrons. The largest absolute Gasteiger partial charge is 0.389 e. The summed E-state index contributed by atoms with van der Waals surface area (Å²) < 4.78 is 33.4. The number of aliphatic hydroxyl groups is 1. The predicted octanol–water partition coefficient (Wildman–Crippen LogP) is 6.23. The lowest BCUT2D eigenvalue weighted by Crippen LogP contribution is -2.33. The first kappa shape index (κ1) is 29.4. The number of Topliss-reactive ketones (excluding diaryl/α,β-unsaturated/α-hetero) is 1. The highest BCUT2D eigenvalue weighted by Crippen LogP contribution is 2.26. The van der Waals surface area contributed by atoms with Crippen LogP contribution in [0.15, 0.2) is 30.3 Å². The first-order valence-electron chi connectivity index (χ1n) is 12.3. The number of aryl methyl sites for hydroxylation is 2. The Balaban J connectivity index is 0.000000360. The second kappa shape index (κ2) is 14.6. The number of nitrogens with zero attached hydrogens (tertiary/aromatic N) is 1. The van der Waals surface area contributed by atoms with E-state index < -0.39 is 23.8 Å². The molecule has 2 unspecified atom stereocenters. The molecule has 35 heavy (non-hydrogen) atoms. The van der Waals surface area contributed by atoms with Crippen LogP contribution in [0.5, 0.6) is 0 Å². The highest BCUT2D eigenvalue weighted by Gasteiger charge is 2.20. The SMILES string of the molecule is CC(=O)CCc1c(F)cc(F)cc1C(C)OCC(O)CN1CCCC1.CCc1ccc(C)cc1Cl. The van der Waals surface area contributed by atoms with Crippen LogP contribution >= 0.6 is 11.6 Å². The average molecular weight is 510 g/mol. The summed E-state index contributed by atoms with van der Waals surface area (Å²) in [6, 6.07) is 8.24. The Morgan fingerprint density at radius 1 is 1.20 bits per heavy atom. The van der Waals surface area contributed by atoms with Gasteiger partial charge in [-0.2, -0.15) is 0 Å². The standard InChI is InChI=1S/C19H27F2NO3.C9H11Cl/c1-13(23)5-6-17-18(9-15(20)10-19(17)21)14(2)25-12-16(24)11-22-7-3-4-8-22;1-3-8-5-4-7(2)6-9(8)10/h9-10,14,16,24H,3-8,11-12H2,1-2H3;4-6H,3H2,1-2H3. The lowest BCUT2D eigenvalue weighted by atomic mass is 9.97. The van der Waals surface area contributed by atoms with Crippen LogP contribution in [0.25, 0.3) is 0 Å². The maximum atomic E-state index is 14.1. The van der Waals surface area contributed by atoms with E-state index in [0.29, 0.717) is 17.7 Å². The normalized spacial score (nSPS) is 15.4. The van der Waals surface area contributed by atoms with E-state index in [-0.39, 0.29) is 25.2 Å². The van der Waals surface area contributed by atoms with Crippen molar-refractivity contribution in [3.8, 4) is 0 Å². The monoisotopic (exact) mass is 509 g/mol. The molecule has 2 aromatic rings. The maximum Gasteiger partial charge on any atom is 0.130 e. The minimum atomic E-state index is -0.674. The second-order valence-electron chi connectivity index (χ2n) is 9.24. The smallest absolute Gasteiger partial charge is 0.130 e. The van der Waals surface area contributed by atoms with Crippen molar-refractivity contribution in [1.82, 2.24) is 4.90 Å². The summed E-state index contributed by atoms with van der Waals surface area (Å²) in [4.78, 5) is 13.4. The molecule has 3 rings (SSSR count). The Morgan fingerprint density at radius 2 is 1.89 bits per heavy atom. The van der Waals surface area contributed by atoms with Crippen molar-refractivity contribution in [2.75, 3.05) is 26.2 Å². The first-order valence-corrected chi connectivity index (χ1v) is 12.7. The number of halogens is 3. The fourth-order valence-electron chi connectivity index (χ4n) is 4.15. The average Bonchev–Trinajstić information content (AvgIpc) is 3.29. The minimum Gasteiger partial charge on any atom is -0.389 e. The quantitative estimate of drug-likeness (QED) is 0.412. The number of hydrogen-bond acceptors (Lipinski definition) is 4. The van der Waals surface area contributed by atoms with Gasteiger partial charge in [0.15, 0.2) is 0 Å². The molecule has 2 atom stereocenters. The zero-order chi connectivity index (χ0) is 26.0. The number of ether oxygens (including phenoxy) is 1. The number of rotatable bonds is 10. The summed E-state index contributed by atoms with van der Waals surface area (Å²) in [6.45, 7) is 9.91. The van der Waals surface area contributed by atoms with Crippen molar-refractivity contribution in [3.05, 3.63) is 69.2 Å². The van der Waals surface area contributed by atoms with E-state index in [1.807, 2.05) is 13.0 Å². The van der Waals surface area contributed by atoms with Gasteiger partial charge in [-0.3, -0.25) is 0 Å². The van der Waals surface area contributed by atoms with E-state index in [4.69, 9.17) is 16.3 Å². The molecule has 1 aliphatic heterocycles. The molecule has 0 spiro atoms. The summed E-state index contributed by atoms with van der Waals surface area (Å²) in [5.74, 6) is -1.39. The lowest BCUT2D eigenvalue weighted by Gasteiger charge is -2.22. The predicted molar refractivity (Wildman–Crippen MR) is 137 cm³/mol. The molecule has 1 fully saturated rings. The van der Waals surface area contributed by atoms with Crippen LogP contribution in [0.4, 0.5) is 8.78 Å². The van der Waals surface area contributed by atoms with Crippen LogP contribution in [0, 0.1) is 18.6 Å². The van der Waals surface area contributed by atoms with Crippen LogP contribution in [-0.4, -0.2) is 48.1 Å². The summed E-state index contributed by atoms with van der Waals surface area (Å²) in [5.41, 5.74) is 3.15. The summed E-state index contributed by atoms with van der Waals surface area (Å²) in [5, 5.41) is 11.0. The molecule has 2 aromatic carbocycles. The van der Waals surface area contributed by atoms with Crippen molar-refractivity contribution in [3.63, 3.8) is 0 Å². The molecule has 0 aromatic heterocycles. The molecule has 7 heteroatoms. The number of likely N-dealkylation sites (tertiary alicyclic amines) is 1. The fraction of sp³-hybridized carbons (Fsp3) is 0.536. The summed E-state index contributed by atoms with van der Waals surface area (Å²) >= 11 is 5.93. The summed E-state index contributed by atoms with van der Waals surface area (Å²) in [7, 11) is 0. The second-order valence-corrected chi connectivity index (χ2v) is 9.65. The number of benzene rings is 2. The zero-order valence-corrected chi connectivity index (χ0v) is 22.0. The molecule has 0 aliphatic carbocycles. The molecule has 1 aliphatic rings. The van der Waals surface area contributed by atoms with Crippen molar-refractivity contribution >= 4 is 17.4 Å². The van der Waals surface area contributed by atoms with Gasteiger partial charge >= 0.3 is 0 Å². The van der Waals surface area contributed by atoms with Crippen LogP contribution in [-0.2, 0) is 22.4 Å². The lowest BCUT2D eigenvalue weighted by molar-refractivity contribution is -0.117. The van der Waals surface area contributed by atoms with E-state index >= 15 is 0 Å². The summed E-state index contributed by atoms with van der Waals surface area (Å²) in [6.07, 6.45) is 2.50. The molecule has 0 bridgehead atoms. The van der Waals surface area contributed by atoms with Gasteiger partial charge in [-0.15, -0.1) is 0 Å². The first-order chi connectivity index (χ1) is 16.6. The van der Waals surface area contributed by atoms with E-state index in [1.165, 1.54) is 24.1 Å². The maximum absolute atomic E-state index is 14.1. The third kappa shape index (κ3) is 9.96. The number of ketones is 1. The molecule has 0 radical (unpaired) electrons. The molecule has 0 amide bonds. The Kier molecular flexibility index (Phi) is 12.3. The third-order valence-corrected chi connectivity index (χ3v) is 6.51. The number of β-amino-alcohol motifs (C(OH)–C–C–N with tert-alkyl or cyclic N) is 1. The number of hydrogen-bond donors (Lipinski definition) is 1. The van der Waals surface area contributed by atoms with Gasteiger partial charge in [-0.25, -0.2) is 8.78 Å². The fourth-order valence-corrected chi connectivity index (χ4v) is 4.52. The van der Waals surface area contributed by atoms with Crippen LogP contribution < -0.4 is 0 Å². The third-order valence-electron chi connectivity index (χ3n) is 6.16. The highest BCUT2D eigenvalue weighted by atomic mass is 35.5. The van der Waals surface area contributed by atoms with E-state index in [0.717, 1.165) is 43.4 Å². The van der Waals surface area contributed by atoms with E-state index in [1.54, 1.807) is 6.92 Å². The topological polar surface area (TPSA) is 49.8 Å². The van der Waals surface area contributed by atoms with Crippen molar-refractivity contribution in [2.24, 2.45) is 0 Å². The van der Waals surface area contributed by atoms with Crippen molar-refractivity contribution < 1.29 is 23.4 Å². The molecule has 1 saturated heterocycles. The van der Waals surface area contributed by atoms with Crippen molar-refractivity contribution in [2.45, 2.75) is 72.0 Å². The van der Waals surface area contributed by atoms with Gasteiger partial charge in [-0.05, 0) is 93.9 Å². The minimum absolute atomic E-state index is 0.0516. The highest BCUT2D eigenvalue weighted by molar-refractivity contribution is 6.31. The van der Waals surface area contributed by atoms with Gasteiger partial charge in [0.05, 0.1) is 18.8 Å². The van der Waals surface area contributed by atoms with Gasteiger partial charge in [0.25, 0.3) is 0 Å². The zero-order valence-electron chi connectivity index (χ0n) is 21.3. The van der Waals surface area contributed by atoms with Gasteiger partial charge in [0, 0.05) is 24.1 Å². The molecular weight excluding hydrogens is 472 g/mol. The molecular formula is C28H38ClF2NO3. The Bertz CT molecular complexity index is 963. The molecule has 0 saturated carbocycles. The molecule has 1 heterocycles. The van der Waals surface area contributed by atoms with Gasteiger partial charge in [0.2, 0.25) is 0 Å². The van der Waals surface area contributed by atoms with Gasteiger partial charge in [0.1, 0.15) is 17.4 Å². The van der Waals surface area contributed by atoms with E-state index in [9.17, 15) is 18.7 Å². The number of aliphatic hydroxyl groups excluding tert-OH is 1. The Morgan fingerprint density at radius 3 is 2.49 bits per heavy atom. The Hall–Kier alpha value is -1.86. The Labute approximate surface area is 213 Å².